The molecule has 0 aliphatic carbocycles. The van der Waals surface area contributed by atoms with Crippen LogP contribution < -0.4 is 5.32 Å². The number of carbonyl (C=O) groups excluding carboxylic acids is 1. The van der Waals surface area contributed by atoms with E-state index in [4.69, 9.17) is 0 Å². The number of imidazole rings is 1. The smallest absolute Gasteiger partial charge is 0.254 e. The molecule has 2 aromatic heterocycles. The van der Waals surface area contributed by atoms with Crippen molar-refractivity contribution in [2.75, 3.05) is 0 Å². The molecule has 1 N–H and O–H groups in total. The Morgan fingerprint density at radius 1 is 1.40 bits per heavy atom. The lowest BCUT2D eigenvalue weighted by atomic mass is 10.3. The first-order valence-electron chi connectivity index (χ1n) is 4.50. The fraction of sp³-hybridized carbons (Fsp3) is 0.100. The van der Waals surface area contributed by atoms with Gasteiger partial charge in [0, 0.05) is 24.8 Å². The minimum absolute atomic E-state index is 0.142. The highest BCUT2D eigenvalue weighted by molar-refractivity contribution is 5.93. The summed E-state index contributed by atoms with van der Waals surface area (Å²) in [4.78, 5) is 19.3. The van der Waals surface area contributed by atoms with E-state index < -0.39 is 0 Å². The Kier molecular flexibility index (Phi) is 2.73. The van der Waals surface area contributed by atoms with Gasteiger partial charge in [-0.25, -0.2) is 4.98 Å². The summed E-state index contributed by atoms with van der Waals surface area (Å²) in [7, 11) is 0. The molecule has 2 heterocycles. The van der Waals surface area contributed by atoms with Crippen LogP contribution >= 0.6 is 0 Å². The van der Waals surface area contributed by atoms with Gasteiger partial charge in [-0.2, -0.15) is 0 Å². The van der Waals surface area contributed by atoms with E-state index in [0.717, 1.165) is 0 Å². The summed E-state index contributed by atoms with van der Waals surface area (Å²) in [6.07, 6.45) is 8.25. The third-order valence-corrected chi connectivity index (χ3v) is 1.91. The van der Waals surface area contributed by atoms with Gasteiger partial charge in [0.15, 0.2) is 0 Å². The van der Waals surface area contributed by atoms with Crippen molar-refractivity contribution in [3.05, 3.63) is 48.8 Å². The number of carbonyl (C=O) groups is 1. The highest BCUT2D eigenvalue weighted by atomic mass is 16.1. The number of aromatic nitrogens is 3. The van der Waals surface area contributed by atoms with Gasteiger partial charge in [0.1, 0.15) is 0 Å². The molecule has 5 nitrogen and oxygen atoms in total. The van der Waals surface area contributed by atoms with Crippen molar-refractivity contribution in [2.45, 2.75) is 6.67 Å². The van der Waals surface area contributed by atoms with Crippen molar-refractivity contribution >= 4 is 5.91 Å². The summed E-state index contributed by atoms with van der Waals surface area (Å²) in [5, 5.41) is 2.75. The molecule has 0 saturated carbocycles. The van der Waals surface area contributed by atoms with Crippen LogP contribution in [0.3, 0.4) is 0 Å². The maximum Gasteiger partial charge on any atom is 0.254 e. The van der Waals surface area contributed by atoms with Crippen molar-refractivity contribution in [1.29, 1.82) is 0 Å². The molecule has 0 unspecified atom stereocenters. The maximum absolute atomic E-state index is 11.6. The summed E-state index contributed by atoms with van der Waals surface area (Å²) in [5.41, 5.74) is 0.553. The van der Waals surface area contributed by atoms with Crippen molar-refractivity contribution in [3.8, 4) is 0 Å². The molecule has 0 saturated heterocycles. The molecule has 2 aromatic rings. The van der Waals surface area contributed by atoms with Crippen molar-refractivity contribution in [1.82, 2.24) is 19.9 Å². The van der Waals surface area contributed by atoms with Crippen LogP contribution in [0.2, 0.25) is 0 Å². The first-order chi connectivity index (χ1) is 7.36. The average molecular weight is 202 g/mol. The Morgan fingerprint density at radius 3 is 3.00 bits per heavy atom. The average Bonchev–Trinajstić information content (AvgIpc) is 2.80. The number of rotatable bonds is 3. The third-order valence-electron chi connectivity index (χ3n) is 1.91. The summed E-state index contributed by atoms with van der Waals surface area (Å²) < 4.78 is 1.77. The second-order valence-corrected chi connectivity index (χ2v) is 2.98. The topological polar surface area (TPSA) is 59.8 Å². The molecule has 0 aliphatic heterocycles. The van der Waals surface area contributed by atoms with Crippen LogP contribution in [0.25, 0.3) is 0 Å². The lowest BCUT2D eigenvalue weighted by Gasteiger charge is -2.04. The lowest BCUT2D eigenvalue weighted by molar-refractivity contribution is 0.0942. The van der Waals surface area contributed by atoms with E-state index in [0.29, 0.717) is 12.2 Å². The van der Waals surface area contributed by atoms with Gasteiger partial charge in [-0.3, -0.25) is 9.78 Å². The first-order valence-corrected chi connectivity index (χ1v) is 4.50. The van der Waals surface area contributed by atoms with E-state index >= 15 is 0 Å². The number of hydrogen-bond donors (Lipinski definition) is 1. The SMILES string of the molecule is O=C(NCn1ccnc1)c1cccnc1. The van der Waals surface area contributed by atoms with Crippen LogP contribution in [0, 0.1) is 0 Å². The summed E-state index contributed by atoms with van der Waals surface area (Å²) in [5.74, 6) is -0.142. The number of pyridine rings is 1. The molecular weight excluding hydrogens is 192 g/mol. The molecular formula is C10H10N4O. The second-order valence-electron chi connectivity index (χ2n) is 2.98. The molecule has 0 radical (unpaired) electrons. The number of amides is 1. The zero-order valence-electron chi connectivity index (χ0n) is 8.00. The summed E-state index contributed by atoms with van der Waals surface area (Å²) >= 11 is 0. The van der Waals surface area contributed by atoms with Crippen LogP contribution in [-0.4, -0.2) is 20.4 Å². The van der Waals surface area contributed by atoms with E-state index in [-0.39, 0.29) is 5.91 Å². The Labute approximate surface area is 86.8 Å². The van der Waals surface area contributed by atoms with Crippen molar-refractivity contribution < 1.29 is 4.79 Å². The van der Waals surface area contributed by atoms with Gasteiger partial charge in [-0.15, -0.1) is 0 Å². The number of hydrogen-bond acceptors (Lipinski definition) is 3. The minimum atomic E-state index is -0.142. The largest absolute Gasteiger partial charge is 0.334 e. The highest BCUT2D eigenvalue weighted by Gasteiger charge is 2.03. The number of nitrogens with zero attached hydrogens (tertiary/aromatic N) is 3. The monoisotopic (exact) mass is 202 g/mol. The molecule has 15 heavy (non-hydrogen) atoms. The molecule has 0 bridgehead atoms. The molecule has 0 fully saturated rings. The van der Waals surface area contributed by atoms with Gasteiger partial charge in [0.2, 0.25) is 0 Å². The molecule has 1 amide bonds. The van der Waals surface area contributed by atoms with Gasteiger partial charge >= 0.3 is 0 Å². The lowest BCUT2D eigenvalue weighted by Crippen LogP contribution is -2.25. The maximum atomic E-state index is 11.6. The van der Waals surface area contributed by atoms with Crippen LogP contribution in [0.1, 0.15) is 10.4 Å². The Bertz CT molecular complexity index is 424. The highest BCUT2D eigenvalue weighted by Crippen LogP contribution is 1.95. The standard InChI is InChI=1S/C10H10N4O/c15-10(9-2-1-3-11-6-9)13-8-14-5-4-12-7-14/h1-7H,8H2,(H,13,15). The van der Waals surface area contributed by atoms with Crippen LogP contribution in [0.5, 0.6) is 0 Å². The van der Waals surface area contributed by atoms with E-state index in [1.165, 1.54) is 6.20 Å². The zero-order chi connectivity index (χ0) is 10.5. The van der Waals surface area contributed by atoms with Gasteiger partial charge in [0.05, 0.1) is 18.6 Å². The Morgan fingerprint density at radius 2 is 2.33 bits per heavy atom. The molecule has 0 aliphatic rings. The van der Waals surface area contributed by atoms with Crippen LogP contribution in [0.4, 0.5) is 0 Å². The van der Waals surface area contributed by atoms with E-state index in [1.54, 1.807) is 41.6 Å². The Hall–Kier alpha value is -2.17. The predicted octanol–water partition coefficient (Wildman–Crippen LogP) is 0.666. The third kappa shape index (κ3) is 2.40. The van der Waals surface area contributed by atoms with E-state index in [2.05, 4.69) is 15.3 Å². The fourth-order valence-corrected chi connectivity index (χ4v) is 1.14. The van der Waals surface area contributed by atoms with Gasteiger partial charge < -0.3 is 9.88 Å². The van der Waals surface area contributed by atoms with Gasteiger partial charge in [-0.1, -0.05) is 0 Å². The molecule has 2 rings (SSSR count). The molecule has 0 spiro atoms. The predicted molar refractivity (Wildman–Crippen MR) is 53.9 cm³/mol. The molecule has 5 heteroatoms. The minimum Gasteiger partial charge on any atom is -0.334 e. The Balaban J connectivity index is 1.94. The quantitative estimate of drug-likeness (QED) is 0.795. The van der Waals surface area contributed by atoms with Crippen molar-refractivity contribution in [2.24, 2.45) is 0 Å². The normalized spacial score (nSPS) is 9.87. The van der Waals surface area contributed by atoms with Crippen LogP contribution in [-0.2, 0) is 6.67 Å². The first kappa shape index (κ1) is 9.39. The summed E-state index contributed by atoms with van der Waals surface area (Å²) in [6, 6.07) is 3.45. The van der Waals surface area contributed by atoms with Gasteiger partial charge in [-0.05, 0) is 12.1 Å². The zero-order valence-corrected chi connectivity index (χ0v) is 8.00. The summed E-state index contributed by atoms with van der Waals surface area (Å²) in [6.45, 7) is 0.410. The van der Waals surface area contributed by atoms with Gasteiger partial charge in [0.25, 0.3) is 5.91 Å². The van der Waals surface area contributed by atoms with Crippen molar-refractivity contribution in [3.63, 3.8) is 0 Å². The van der Waals surface area contributed by atoms with E-state index in [9.17, 15) is 4.79 Å². The number of nitrogens with one attached hydrogen (secondary N) is 1. The second kappa shape index (κ2) is 4.36. The molecule has 76 valence electrons. The molecule has 0 aromatic carbocycles. The molecule has 0 atom stereocenters. The fourth-order valence-electron chi connectivity index (χ4n) is 1.14. The van der Waals surface area contributed by atoms with Crippen LogP contribution in [0.15, 0.2) is 43.2 Å². The van der Waals surface area contributed by atoms with E-state index in [1.807, 2.05) is 0 Å².